The fourth-order valence-corrected chi connectivity index (χ4v) is 3.69. The number of ether oxygens (including phenoxy) is 1. The molecule has 1 unspecified atom stereocenters. The smallest absolute Gasteiger partial charge is 0.131 e. The van der Waals surface area contributed by atoms with Gasteiger partial charge in [0.15, 0.2) is 0 Å². The molecular weight excluding hydrogens is 331 g/mol. The van der Waals surface area contributed by atoms with E-state index in [0.29, 0.717) is 5.75 Å². The molecule has 19 heavy (non-hydrogen) atoms. The summed E-state index contributed by atoms with van der Waals surface area (Å²) >= 11 is 4.95. The van der Waals surface area contributed by atoms with Gasteiger partial charge >= 0.3 is 0 Å². The van der Waals surface area contributed by atoms with E-state index in [4.69, 9.17) is 4.74 Å². The lowest BCUT2D eigenvalue weighted by atomic mass is 9.98. The highest BCUT2D eigenvalue weighted by Crippen LogP contribution is 2.42. The summed E-state index contributed by atoms with van der Waals surface area (Å²) < 4.78 is 20.5. The lowest BCUT2D eigenvalue weighted by Crippen LogP contribution is -2.26. The first-order valence-electron chi connectivity index (χ1n) is 6.03. The lowest BCUT2D eigenvalue weighted by molar-refractivity contribution is 0.0982. The number of fused-ring (bicyclic) bond motifs is 1. The Hall–Kier alpha value is -0.910. The van der Waals surface area contributed by atoms with Gasteiger partial charge in [-0.2, -0.15) is 0 Å². The third-order valence-electron chi connectivity index (χ3n) is 3.19. The van der Waals surface area contributed by atoms with Crippen LogP contribution in [-0.2, 0) is 6.42 Å². The van der Waals surface area contributed by atoms with Crippen molar-refractivity contribution in [2.45, 2.75) is 18.9 Å². The topological polar surface area (TPSA) is 29.5 Å². The number of aryl methyl sites for hydroxylation is 1. The zero-order valence-corrected chi connectivity index (χ0v) is 12.4. The third-order valence-corrected chi connectivity index (χ3v) is 4.85. The summed E-state index contributed by atoms with van der Waals surface area (Å²) in [7, 11) is 0. The molecule has 0 radical (unpaired) electrons. The average Bonchev–Trinajstić information content (AvgIpc) is 2.84. The number of thiophene rings is 1. The van der Waals surface area contributed by atoms with Gasteiger partial charge in [-0.1, -0.05) is 0 Å². The summed E-state index contributed by atoms with van der Waals surface area (Å²) in [5.41, 5.74) is 1.65. The van der Waals surface area contributed by atoms with Crippen molar-refractivity contribution in [2.75, 3.05) is 6.61 Å². The van der Waals surface area contributed by atoms with Crippen molar-refractivity contribution in [2.24, 2.45) is 0 Å². The van der Waals surface area contributed by atoms with Crippen LogP contribution in [0.2, 0.25) is 0 Å². The number of hydrogen-bond donors (Lipinski definition) is 1. The van der Waals surface area contributed by atoms with Crippen LogP contribution in [0.3, 0.4) is 0 Å². The zero-order chi connectivity index (χ0) is 13.4. The summed E-state index contributed by atoms with van der Waals surface area (Å²) in [6.45, 7) is -0.00953. The van der Waals surface area contributed by atoms with Crippen LogP contribution in [0.5, 0.6) is 5.75 Å². The maximum atomic E-state index is 13.7. The predicted molar refractivity (Wildman–Crippen MR) is 77.2 cm³/mol. The van der Waals surface area contributed by atoms with Crippen LogP contribution in [0.25, 0.3) is 10.4 Å². The molecule has 0 fully saturated rings. The van der Waals surface area contributed by atoms with E-state index in [-0.39, 0.29) is 18.5 Å². The number of aliphatic hydroxyl groups excluding tert-OH is 1. The molecule has 1 aromatic carbocycles. The van der Waals surface area contributed by atoms with Gasteiger partial charge < -0.3 is 9.84 Å². The molecule has 1 aliphatic rings. The Morgan fingerprint density at radius 1 is 1.42 bits per heavy atom. The molecule has 3 rings (SSSR count). The monoisotopic (exact) mass is 342 g/mol. The van der Waals surface area contributed by atoms with Crippen molar-refractivity contribution >= 4 is 27.3 Å². The Bertz CT molecular complexity index is 611. The number of hydrogen-bond acceptors (Lipinski definition) is 3. The second-order valence-corrected chi connectivity index (χ2v) is 6.97. The highest BCUT2D eigenvalue weighted by atomic mass is 79.9. The number of aliphatic hydroxyl groups is 1. The van der Waals surface area contributed by atoms with Crippen LogP contribution in [0.1, 0.15) is 12.0 Å². The lowest BCUT2D eigenvalue weighted by Gasteiger charge is -2.26. The van der Waals surface area contributed by atoms with Crippen LogP contribution in [0.4, 0.5) is 4.39 Å². The first-order chi connectivity index (χ1) is 9.17. The fraction of sp³-hybridized carbons (Fsp3) is 0.286. The summed E-state index contributed by atoms with van der Waals surface area (Å²) in [5, 5.41) is 9.23. The molecule has 0 bridgehead atoms. The van der Waals surface area contributed by atoms with Gasteiger partial charge in [0.25, 0.3) is 0 Å². The normalized spacial score (nSPS) is 17.9. The highest BCUT2D eigenvalue weighted by Gasteiger charge is 2.24. The SMILES string of the molecule is OCC1CCc2cc(F)cc(-c3ccc(Br)s3)c2O1. The Labute approximate surface area is 123 Å². The number of benzene rings is 1. The van der Waals surface area contributed by atoms with Crippen LogP contribution in [0.15, 0.2) is 28.1 Å². The Morgan fingerprint density at radius 3 is 2.95 bits per heavy atom. The molecule has 1 aromatic heterocycles. The van der Waals surface area contributed by atoms with Gasteiger partial charge in [0.05, 0.1) is 10.4 Å². The van der Waals surface area contributed by atoms with Gasteiger partial charge in [-0.3, -0.25) is 0 Å². The standard InChI is InChI=1S/C14H12BrFO2S/c15-13-4-3-12(19-13)11-6-9(16)5-8-1-2-10(7-17)18-14(8)11/h3-6,10,17H,1-2,7H2. The Kier molecular flexibility index (Phi) is 3.60. The Balaban J connectivity index is 2.11. The fourth-order valence-electron chi connectivity index (χ4n) is 2.29. The van der Waals surface area contributed by atoms with Crippen LogP contribution in [0, 0.1) is 5.82 Å². The van der Waals surface area contributed by atoms with Crippen molar-refractivity contribution in [1.82, 2.24) is 0 Å². The largest absolute Gasteiger partial charge is 0.487 e. The van der Waals surface area contributed by atoms with E-state index < -0.39 is 0 Å². The summed E-state index contributed by atoms with van der Waals surface area (Å²) in [4.78, 5) is 0.959. The molecule has 1 atom stereocenters. The minimum atomic E-state index is -0.246. The van der Waals surface area contributed by atoms with Crippen molar-refractivity contribution in [3.63, 3.8) is 0 Å². The van der Waals surface area contributed by atoms with E-state index in [1.165, 1.54) is 23.5 Å². The van der Waals surface area contributed by atoms with Crippen molar-refractivity contribution in [3.05, 3.63) is 39.4 Å². The Morgan fingerprint density at radius 2 is 2.26 bits per heavy atom. The van der Waals surface area contributed by atoms with E-state index in [0.717, 1.165) is 32.6 Å². The van der Waals surface area contributed by atoms with E-state index in [1.54, 1.807) is 0 Å². The van der Waals surface area contributed by atoms with E-state index in [9.17, 15) is 9.50 Å². The van der Waals surface area contributed by atoms with Gasteiger partial charge in [0.2, 0.25) is 0 Å². The van der Waals surface area contributed by atoms with Crippen molar-refractivity contribution < 1.29 is 14.2 Å². The molecule has 1 aliphatic heterocycles. The molecule has 2 aromatic rings. The van der Waals surface area contributed by atoms with Gasteiger partial charge in [-0.05, 0) is 58.6 Å². The van der Waals surface area contributed by atoms with Crippen molar-refractivity contribution in [3.8, 4) is 16.2 Å². The summed E-state index contributed by atoms with van der Waals surface area (Å²) in [5.74, 6) is 0.463. The maximum Gasteiger partial charge on any atom is 0.131 e. The van der Waals surface area contributed by atoms with Crippen LogP contribution < -0.4 is 4.74 Å². The van der Waals surface area contributed by atoms with E-state index in [2.05, 4.69) is 15.9 Å². The third kappa shape index (κ3) is 2.55. The summed E-state index contributed by atoms with van der Waals surface area (Å²) in [6.07, 6.45) is 1.26. The van der Waals surface area contributed by atoms with Gasteiger partial charge in [-0.25, -0.2) is 4.39 Å². The molecule has 2 heterocycles. The second-order valence-electron chi connectivity index (χ2n) is 4.51. The molecule has 2 nitrogen and oxygen atoms in total. The maximum absolute atomic E-state index is 13.7. The molecule has 0 saturated carbocycles. The molecule has 5 heteroatoms. The second kappa shape index (κ2) is 5.23. The number of halogens is 2. The van der Waals surface area contributed by atoms with E-state index in [1.807, 2.05) is 12.1 Å². The zero-order valence-electron chi connectivity index (χ0n) is 10.0. The molecular formula is C14H12BrFO2S. The van der Waals surface area contributed by atoms with Gasteiger partial charge in [0.1, 0.15) is 17.7 Å². The molecule has 0 amide bonds. The summed E-state index contributed by atoms with van der Waals surface area (Å²) in [6, 6.07) is 6.89. The van der Waals surface area contributed by atoms with Gasteiger partial charge in [-0.15, -0.1) is 11.3 Å². The van der Waals surface area contributed by atoms with Crippen molar-refractivity contribution in [1.29, 1.82) is 0 Å². The van der Waals surface area contributed by atoms with Crippen LogP contribution >= 0.6 is 27.3 Å². The van der Waals surface area contributed by atoms with Crippen LogP contribution in [-0.4, -0.2) is 17.8 Å². The molecule has 100 valence electrons. The number of rotatable bonds is 2. The molecule has 0 saturated heterocycles. The minimum Gasteiger partial charge on any atom is -0.487 e. The molecule has 0 spiro atoms. The highest BCUT2D eigenvalue weighted by molar-refractivity contribution is 9.11. The predicted octanol–water partition coefficient (Wildman–Crippen LogP) is 4.00. The average molecular weight is 343 g/mol. The minimum absolute atomic E-state index is 0.00953. The molecule has 0 aliphatic carbocycles. The van der Waals surface area contributed by atoms with E-state index >= 15 is 0 Å². The first kappa shape index (κ1) is 13.1. The molecule has 1 N–H and O–H groups in total. The first-order valence-corrected chi connectivity index (χ1v) is 7.64. The van der Waals surface area contributed by atoms with Gasteiger partial charge in [0, 0.05) is 10.4 Å². The quantitative estimate of drug-likeness (QED) is 0.893.